The molecule has 10 heteroatoms. The predicted molar refractivity (Wildman–Crippen MR) is 140 cm³/mol. The van der Waals surface area contributed by atoms with Crippen LogP contribution in [0.15, 0.2) is 36.7 Å². The van der Waals surface area contributed by atoms with Crippen molar-refractivity contribution in [2.24, 2.45) is 17.1 Å². The third-order valence-corrected chi connectivity index (χ3v) is 7.34. The van der Waals surface area contributed by atoms with Gasteiger partial charge in [-0.1, -0.05) is 44.0 Å². The molecule has 194 valence electrons. The second kappa shape index (κ2) is 10.4. The molecule has 0 aliphatic carbocycles. The molecule has 36 heavy (non-hydrogen) atoms. The van der Waals surface area contributed by atoms with Crippen molar-refractivity contribution in [3.05, 3.63) is 58.1 Å². The highest BCUT2D eigenvalue weighted by Gasteiger charge is 2.41. The quantitative estimate of drug-likeness (QED) is 0.400. The van der Waals surface area contributed by atoms with Gasteiger partial charge in [0.15, 0.2) is 0 Å². The molecule has 0 saturated carbocycles. The summed E-state index contributed by atoms with van der Waals surface area (Å²) in [6.07, 6.45) is 1.26. The fourth-order valence-corrected chi connectivity index (χ4v) is 5.68. The number of aliphatic hydroxyl groups excluding tert-OH is 1. The van der Waals surface area contributed by atoms with E-state index in [-0.39, 0.29) is 17.2 Å². The normalized spacial score (nSPS) is 16.1. The highest BCUT2D eigenvalue weighted by Crippen LogP contribution is 2.39. The Labute approximate surface area is 219 Å². The Hall–Kier alpha value is -2.55. The molecular formula is C26H31Cl2FN4O3. The average molecular weight is 537 g/mol. The molecule has 2 heterocycles. The molecule has 0 spiro atoms. The number of halogens is 3. The number of nitrogens with zero attached hydrogens (tertiary/aromatic N) is 3. The van der Waals surface area contributed by atoms with Crippen molar-refractivity contribution in [2.45, 2.75) is 52.3 Å². The van der Waals surface area contributed by atoms with Gasteiger partial charge in [0, 0.05) is 24.7 Å². The van der Waals surface area contributed by atoms with Gasteiger partial charge in [0.2, 0.25) is 0 Å². The van der Waals surface area contributed by atoms with E-state index in [1.54, 1.807) is 24.5 Å². The number of fused-ring (bicyclic) bond motifs is 2. The molecule has 0 bridgehead atoms. The Morgan fingerprint density at radius 1 is 1.25 bits per heavy atom. The molecule has 1 amide bonds. The van der Waals surface area contributed by atoms with Crippen LogP contribution in [0, 0.1) is 17.2 Å². The Kier molecular flexibility index (Phi) is 7.69. The van der Waals surface area contributed by atoms with Gasteiger partial charge in [-0.15, -0.1) is 0 Å². The van der Waals surface area contributed by atoms with Crippen molar-refractivity contribution in [1.82, 2.24) is 9.55 Å². The lowest BCUT2D eigenvalue weighted by molar-refractivity contribution is 0.0248. The molecular weight excluding hydrogens is 506 g/mol. The molecule has 1 aliphatic rings. The maximum absolute atomic E-state index is 14.0. The first-order chi connectivity index (χ1) is 17.0. The lowest BCUT2D eigenvalue weighted by Gasteiger charge is -2.42. The Bertz CT molecular complexity index is 1260. The van der Waals surface area contributed by atoms with Crippen LogP contribution in [-0.2, 0) is 17.7 Å². The number of carbonyl (C=O) groups excluding carboxylic acids is 1. The number of hydrogen-bond acceptors (Lipinski definition) is 5. The van der Waals surface area contributed by atoms with Crippen LogP contribution in [0.1, 0.15) is 32.8 Å². The highest BCUT2D eigenvalue weighted by molar-refractivity contribution is 6.42. The molecule has 3 N–H and O–H groups in total. The lowest BCUT2D eigenvalue weighted by Crippen LogP contribution is -2.53. The van der Waals surface area contributed by atoms with Crippen molar-refractivity contribution in [1.29, 1.82) is 0 Å². The second-order valence-corrected chi connectivity index (χ2v) is 11.4. The summed E-state index contributed by atoms with van der Waals surface area (Å²) in [6.45, 7) is 7.09. The van der Waals surface area contributed by atoms with E-state index in [2.05, 4.69) is 30.7 Å². The number of amides is 1. The molecule has 3 aromatic rings. The van der Waals surface area contributed by atoms with Gasteiger partial charge in [-0.3, -0.25) is 0 Å². The third-order valence-electron chi connectivity index (χ3n) is 6.61. The van der Waals surface area contributed by atoms with E-state index in [1.165, 1.54) is 12.1 Å². The Morgan fingerprint density at radius 2 is 1.97 bits per heavy atom. The smallest absolute Gasteiger partial charge is 0.404 e. The van der Waals surface area contributed by atoms with Crippen molar-refractivity contribution in [3.63, 3.8) is 0 Å². The molecule has 3 atom stereocenters. The summed E-state index contributed by atoms with van der Waals surface area (Å²) in [7, 11) is 0. The second-order valence-electron chi connectivity index (χ2n) is 10.5. The number of primary amides is 1. The van der Waals surface area contributed by atoms with Crippen LogP contribution < -0.4 is 10.6 Å². The van der Waals surface area contributed by atoms with Gasteiger partial charge >= 0.3 is 6.09 Å². The molecule has 0 radical (unpaired) electrons. The minimum absolute atomic E-state index is 0.0989. The largest absolute Gasteiger partial charge is 0.442 e. The minimum atomic E-state index is -0.957. The van der Waals surface area contributed by atoms with Crippen LogP contribution in [-0.4, -0.2) is 46.0 Å². The van der Waals surface area contributed by atoms with Gasteiger partial charge in [0.05, 0.1) is 40.1 Å². The number of nitrogens with two attached hydrogens (primary N) is 1. The van der Waals surface area contributed by atoms with Gasteiger partial charge in [0.25, 0.3) is 0 Å². The van der Waals surface area contributed by atoms with Gasteiger partial charge in [-0.25, -0.2) is 14.2 Å². The standard InChI is InChI=1S/C26H31Cl2FN4O3/c1-26(2,3)11-16(12-32-14-31-20-9-18(27)19(28)10-22(20)32)24(23(13-34)36-25(30)35)33-7-6-15-8-17(29)4-5-21(15)33/h4-5,8-10,14,16,23-24,34H,6-7,11-13H2,1-3H3,(H2,30,35)/t16-,23?,24+/m1/s1. The maximum atomic E-state index is 14.0. The average Bonchev–Trinajstić information content (AvgIpc) is 3.36. The fraction of sp³-hybridized carbons (Fsp3) is 0.462. The van der Waals surface area contributed by atoms with E-state index >= 15 is 0 Å². The van der Waals surface area contributed by atoms with E-state index in [9.17, 15) is 14.3 Å². The van der Waals surface area contributed by atoms with E-state index in [4.69, 9.17) is 33.7 Å². The summed E-state index contributed by atoms with van der Waals surface area (Å²) < 4.78 is 21.4. The number of hydrogen-bond donors (Lipinski definition) is 2. The molecule has 2 aromatic carbocycles. The van der Waals surface area contributed by atoms with Gasteiger partial charge in [-0.05, 0) is 54.2 Å². The van der Waals surface area contributed by atoms with Crippen LogP contribution in [0.25, 0.3) is 11.0 Å². The third kappa shape index (κ3) is 5.71. The SMILES string of the molecule is CC(C)(C)C[C@H](Cn1cnc2cc(Cl)c(Cl)cc21)[C@@H](C(CO)OC(N)=O)N1CCc2cc(F)ccc21. The number of carbonyl (C=O) groups is 1. The zero-order valence-electron chi connectivity index (χ0n) is 20.5. The summed E-state index contributed by atoms with van der Waals surface area (Å²) in [5.74, 6) is -0.421. The van der Waals surface area contributed by atoms with E-state index < -0.39 is 24.8 Å². The number of ether oxygens (including phenoxy) is 1. The molecule has 1 aromatic heterocycles. The van der Waals surface area contributed by atoms with Crippen LogP contribution in [0.3, 0.4) is 0 Å². The van der Waals surface area contributed by atoms with E-state index in [0.29, 0.717) is 35.1 Å². The van der Waals surface area contributed by atoms with Crippen LogP contribution in [0.4, 0.5) is 14.9 Å². The Balaban J connectivity index is 1.80. The van der Waals surface area contributed by atoms with E-state index in [1.807, 2.05) is 4.57 Å². The molecule has 1 aliphatic heterocycles. The Morgan fingerprint density at radius 3 is 2.64 bits per heavy atom. The number of imidazole rings is 1. The van der Waals surface area contributed by atoms with Gasteiger partial charge in [-0.2, -0.15) is 0 Å². The zero-order chi connectivity index (χ0) is 26.2. The van der Waals surface area contributed by atoms with Crippen molar-refractivity contribution < 1.29 is 19.0 Å². The number of anilines is 1. The van der Waals surface area contributed by atoms with Crippen LogP contribution in [0.5, 0.6) is 0 Å². The summed E-state index contributed by atoms with van der Waals surface area (Å²) in [6, 6.07) is 7.77. The maximum Gasteiger partial charge on any atom is 0.404 e. The number of aromatic nitrogens is 2. The minimum Gasteiger partial charge on any atom is -0.442 e. The number of aliphatic hydroxyl groups is 1. The number of rotatable bonds is 8. The highest BCUT2D eigenvalue weighted by atomic mass is 35.5. The van der Waals surface area contributed by atoms with E-state index in [0.717, 1.165) is 23.2 Å². The monoisotopic (exact) mass is 536 g/mol. The molecule has 1 unspecified atom stereocenters. The first kappa shape index (κ1) is 26.5. The first-order valence-electron chi connectivity index (χ1n) is 11.9. The molecule has 0 saturated heterocycles. The number of benzene rings is 2. The summed E-state index contributed by atoms with van der Waals surface area (Å²) in [5.41, 5.74) is 8.57. The van der Waals surface area contributed by atoms with Crippen molar-refractivity contribution in [3.8, 4) is 0 Å². The first-order valence-corrected chi connectivity index (χ1v) is 12.6. The summed E-state index contributed by atoms with van der Waals surface area (Å²) in [4.78, 5) is 18.4. The van der Waals surface area contributed by atoms with Crippen molar-refractivity contribution in [2.75, 3.05) is 18.1 Å². The van der Waals surface area contributed by atoms with Crippen LogP contribution >= 0.6 is 23.2 Å². The molecule has 7 nitrogen and oxygen atoms in total. The van der Waals surface area contributed by atoms with Crippen molar-refractivity contribution >= 4 is 46.0 Å². The topological polar surface area (TPSA) is 93.6 Å². The fourth-order valence-electron chi connectivity index (χ4n) is 5.36. The van der Waals surface area contributed by atoms with Gasteiger partial charge < -0.3 is 25.0 Å². The lowest BCUT2D eigenvalue weighted by atomic mass is 9.79. The molecule has 0 fully saturated rings. The summed E-state index contributed by atoms with van der Waals surface area (Å²) in [5, 5.41) is 11.2. The summed E-state index contributed by atoms with van der Waals surface area (Å²) >= 11 is 12.5. The molecule has 4 rings (SSSR count). The predicted octanol–water partition coefficient (Wildman–Crippen LogP) is 5.42. The van der Waals surface area contributed by atoms with Gasteiger partial charge in [0.1, 0.15) is 11.9 Å². The van der Waals surface area contributed by atoms with Crippen LogP contribution in [0.2, 0.25) is 10.0 Å². The zero-order valence-corrected chi connectivity index (χ0v) is 22.1.